The lowest BCUT2D eigenvalue weighted by atomic mass is 9.75. The molecule has 0 N–H and O–H groups in total. The predicted octanol–water partition coefficient (Wildman–Crippen LogP) is 13.0. The number of benzene rings is 7. The molecular weight excluding hydrogens is 679 g/mol. The number of hydrogen-bond donors (Lipinski definition) is 0. The molecular formula is C53H33N3. The summed E-state index contributed by atoms with van der Waals surface area (Å²) < 4.78 is 4.53. The lowest BCUT2D eigenvalue weighted by Crippen LogP contribution is -2.12. The molecule has 3 nitrogen and oxygen atoms in total. The summed E-state index contributed by atoms with van der Waals surface area (Å²) in [7, 11) is 0. The van der Waals surface area contributed by atoms with E-state index in [9.17, 15) is 0 Å². The van der Waals surface area contributed by atoms with E-state index in [-0.39, 0.29) is 0 Å². The first kappa shape index (κ1) is 31.0. The first-order chi connectivity index (χ1) is 27.8. The first-order valence-electron chi connectivity index (χ1n) is 19.3. The molecule has 1 aliphatic carbocycles. The van der Waals surface area contributed by atoms with Gasteiger partial charge in [-0.2, -0.15) is 0 Å². The van der Waals surface area contributed by atoms with Crippen LogP contribution >= 0.6 is 0 Å². The zero-order chi connectivity index (χ0) is 36.7. The van der Waals surface area contributed by atoms with E-state index in [1.165, 1.54) is 44.0 Å². The standard InChI is InChI=1S/C53H33N3/c1-2-14-39-37(13-1)33-46(41-16-4-3-15-40(39)41)34-24-26-35(27-25-34)50-44-19-5-6-20-45(44)51(53-52(50)54-49-23-11-12-32-55(49)53)36-28-30-38(31-29-36)56-47-21-9-7-17-42(47)43-18-8-10-22-48(43)56/h1-28,30,32,46H,33H2. The number of imidazole rings is 1. The molecule has 1 aliphatic rings. The highest BCUT2D eigenvalue weighted by molar-refractivity contribution is 6.20. The summed E-state index contributed by atoms with van der Waals surface area (Å²) in [6, 6.07) is 70.9. The summed E-state index contributed by atoms with van der Waals surface area (Å²) in [5, 5.41) is 4.80. The van der Waals surface area contributed by atoms with E-state index in [1.54, 1.807) is 0 Å². The van der Waals surface area contributed by atoms with Crippen LogP contribution in [-0.4, -0.2) is 14.0 Å². The maximum Gasteiger partial charge on any atom is 0.137 e. The number of pyridine rings is 1. The Labute approximate surface area is 324 Å². The molecule has 3 heteroatoms. The molecule has 0 radical (unpaired) electrons. The van der Waals surface area contributed by atoms with Crippen molar-refractivity contribution in [1.29, 1.82) is 0 Å². The van der Waals surface area contributed by atoms with Gasteiger partial charge in [-0.3, -0.25) is 4.40 Å². The number of fused-ring (bicyclic) bond motifs is 10. The van der Waals surface area contributed by atoms with Gasteiger partial charge in [0.25, 0.3) is 0 Å². The van der Waals surface area contributed by atoms with Crippen molar-refractivity contribution in [2.45, 2.75) is 12.3 Å². The quantitative estimate of drug-likeness (QED) is 0.178. The fraction of sp³-hybridized carbons (Fsp3) is 0.0377. The van der Waals surface area contributed by atoms with Crippen molar-refractivity contribution in [3.05, 3.63) is 211 Å². The van der Waals surface area contributed by atoms with Gasteiger partial charge < -0.3 is 4.57 Å². The molecule has 0 fully saturated rings. The molecule has 8 aromatic carbocycles. The van der Waals surface area contributed by atoms with Crippen LogP contribution in [-0.2, 0) is 6.42 Å². The minimum atomic E-state index is 0.293. The zero-order valence-corrected chi connectivity index (χ0v) is 30.4. The number of hydrogen-bond acceptors (Lipinski definition) is 1. The maximum absolute atomic E-state index is 5.36. The Bertz CT molecular complexity index is 3270. The normalized spacial score (nSPS) is 13.7. The van der Waals surface area contributed by atoms with Gasteiger partial charge >= 0.3 is 0 Å². The topological polar surface area (TPSA) is 22.2 Å². The molecule has 0 spiro atoms. The van der Waals surface area contributed by atoms with E-state index >= 15 is 0 Å². The fourth-order valence-electron chi connectivity index (χ4n) is 9.50. The molecule has 0 bridgehead atoms. The van der Waals surface area contributed by atoms with Crippen LogP contribution in [0.2, 0.25) is 0 Å². The van der Waals surface area contributed by atoms with Crippen LogP contribution in [0.1, 0.15) is 22.6 Å². The van der Waals surface area contributed by atoms with Crippen molar-refractivity contribution in [3.8, 4) is 39.1 Å². The molecule has 3 aromatic heterocycles. The van der Waals surface area contributed by atoms with Gasteiger partial charge in [-0.25, -0.2) is 4.98 Å². The molecule has 56 heavy (non-hydrogen) atoms. The molecule has 11 aromatic rings. The fourth-order valence-corrected chi connectivity index (χ4v) is 9.50. The number of para-hydroxylation sites is 2. The van der Waals surface area contributed by atoms with Gasteiger partial charge in [-0.15, -0.1) is 0 Å². The highest BCUT2D eigenvalue weighted by Crippen LogP contribution is 2.46. The molecule has 1 atom stereocenters. The van der Waals surface area contributed by atoms with Crippen LogP contribution in [0.3, 0.4) is 0 Å². The van der Waals surface area contributed by atoms with Gasteiger partial charge in [-0.1, -0.05) is 146 Å². The summed E-state index contributed by atoms with van der Waals surface area (Å²) >= 11 is 0. The van der Waals surface area contributed by atoms with Crippen LogP contribution in [0.5, 0.6) is 0 Å². The molecule has 0 saturated heterocycles. The van der Waals surface area contributed by atoms with Crippen LogP contribution in [0.4, 0.5) is 0 Å². The van der Waals surface area contributed by atoms with E-state index in [2.05, 4.69) is 203 Å². The lowest BCUT2D eigenvalue weighted by molar-refractivity contribution is 0.794. The third kappa shape index (κ3) is 4.51. The largest absolute Gasteiger partial charge is 0.302 e. The SMILES string of the molecule is c1c(-c2c3ccccc3c(-c3ccc(C4Cc5ccccc5-c5ccccc54)cc3)c3nc4ccccn4c23)ccc(-n2c3ccccc3c3ccccc32)c#1. The van der Waals surface area contributed by atoms with Gasteiger partial charge in [0.15, 0.2) is 0 Å². The second-order valence-electron chi connectivity index (χ2n) is 14.9. The smallest absolute Gasteiger partial charge is 0.137 e. The Balaban J connectivity index is 1.03. The van der Waals surface area contributed by atoms with Gasteiger partial charge in [-0.05, 0) is 93.0 Å². The Hall–Kier alpha value is -7.41. The number of rotatable bonds is 4. The van der Waals surface area contributed by atoms with Gasteiger partial charge in [0.2, 0.25) is 0 Å². The number of aromatic nitrogens is 3. The van der Waals surface area contributed by atoms with Crippen molar-refractivity contribution in [3.63, 3.8) is 0 Å². The molecule has 260 valence electrons. The summed E-state index contributed by atoms with van der Waals surface area (Å²) in [6.07, 6.45) is 3.12. The van der Waals surface area contributed by atoms with E-state index in [4.69, 9.17) is 4.98 Å². The van der Waals surface area contributed by atoms with Crippen LogP contribution < -0.4 is 0 Å². The Kier molecular flexibility index (Phi) is 6.67. The third-order valence-electron chi connectivity index (χ3n) is 12.0. The third-order valence-corrected chi connectivity index (χ3v) is 12.0. The summed E-state index contributed by atoms with van der Waals surface area (Å²) in [5.74, 6) is 0.293. The van der Waals surface area contributed by atoms with E-state index in [0.717, 1.165) is 67.5 Å². The Morgan fingerprint density at radius 1 is 0.518 bits per heavy atom. The highest BCUT2D eigenvalue weighted by atomic mass is 15.0. The highest BCUT2D eigenvalue weighted by Gasteiger charge is 2.26. The van der Waals surface area contributed by atoms with Crippen molar-refractivity contribution < 1.29 is 0 Å². The van der Waals surface area contributed by atoms with Gasteiger partial charge in [0, 0.05) is 39.6 Å². The van der Waals surface area contributed by atoms with Crippen LogP contribution in [0.15, 0.2) is 182 Å². The van der Waals surface area contributed by atoms with Crippen molar-refractivity contribution in [2.75, 3.05) is 0 Å². The molecule has 3 heterocycles. The maximum atomic E-state index is 5.36. The second kappa shape index (κ2) is 12.0. The van der Waals surface area contributed by atoms with Crippen LogP contribution in [0.25, 0.3) is 88.3 Å². The molecule has 0 saturated carbocycles. The predicted molar refractivity (Wildman–Crippen MR) is 231 cm³/mol. The monoisotopic (exact) mass is 711 g/mol. The van der Waals surface area contributed by atoms with E-state index < -0.39 is 0 Å². The first-order valence-corrected chi connectivity index (χ1v) is 19.3. The minimum absolute atomic E-state index is 0.293. The lowest BCUT2D eigenvalue weighted by Gasteiger charge is -2.28. The average Bonchev–Trinajstić information content (AvgIpc) is 3.82. The second-order valence-corrected chi connectivity index (χ2v) is 14.9. The zero-order valence-electron chi connectivity index (χ0n) is 30.4. The summed E-state index contributed by atoms with van der Waals surface area (Å²) in [6.45, 7) is 0. The van der Waals surface area contributed by atoms with Crippen LogP contribution in [0, 0.1) is 12.1 Å². The van der Waals surface area contributed by atoms with Gasteiger partial charge in [0.05, 0.1) is 27.8 Å². The Morgan fingerprint density at radius 2 is 1.16 bits per heavy atom. The minimum Gasteiger partial charge on any atom is -0.302 e. The summed E-state index contributed by atoms with van der Waals surface area (Å²) in [4.78, 5) is 5.36. The molecule has 12 rings (SSSR count). The summed E-state index contributed by atoms with van der Waals surface area (Å²) in [5.41, 5.74) is 17.5. The number of nitrogens with zero attached hydrogens (tertiary/aromatic N) is 3. The molecule has 1 unspecified atom stereocenters. The van der Waals surface area contributed by atoms with Crippen molar-refractivity contribution >= 4 is 49.3 Å². The van der Waals surface area contributed by atoms with E-state index in [1.807, 2.05) is 0 Å². The average molecular weight is 712 g/mol. The Morgan fingerprint density at radius 3 is 1.91 bits per heavy atom. The molecule has 0 aliphatic heterocycles. The van der Waals surface area contributed by atoms with Crippen molar-refractivity contribution in [1.82, 2.24) is 14.0 Å². The van der Waals surface area contributed by atoms with E-state index in [0.29, 0.717) is 5.92 Å². The molecule has 0 amide bonds. The van der Waals surface area contributed by atoms with Crippen molar-refractivity contribution in [2.24, 2.45) is 0 Å². The van der Waals surface area contributed by atoms with Gasteiger partial charge in [0.1, 0.15) is 5.65 Å².